The number of carbonyl (C=O) groups excluding carboxylic acids is 2. The average Bonchev–Trinajstić information content (AvgIpc) is 3.53. The van der Waals surface area contributed by atoms with Crippen molar-refractivity contribution in [3.8, 4) is 5.69 Å². The largest absolute Gasteiger partial charge is 0.460 e. The van der Waals surface area contributed by atoms with Crippen molar-refractivity contribution in [1.82, 2.24) is 9.88 Å². The number of hydrogen-bond acceptors (Lipinski definition) is 6. The Bertz CT molecular complexity index is 1090. The molecule has 7 nitrogen and oxygen atoms in total. The normalized spacial score (nSPS) is 18.7. The van der Waals surface area contributed by atoms with Gasteiger partial charge in [-0.25, -0.2) is 9.59 Å². The van der Waals surface area contributed by atoms with E-state index in [0.717, 1.165) is 36.9 Å². The van der Waals surface area contributed by atoms with E-state index in [-0.39, 0.29) is 18.7 Å². The van der Waals surface area contributed by atoms with Crippen LogP contribution >= 0.6 is 0 Å². The minimum absolute atomic E-state index is 0.0859. The van der Waals surface area contributed by atoms with Gasteiger partial charge >= 0.3 is 11.9 Å². The van der Waals surface area contributed by atoms with E-state index in [1.54, 1.807) is 7.11 Å². The van der Waals surface area contributed by atoms with Crippen LogP contribution in [0.5, 0.6) is 0 Å². The van der Waals surface area contributed by atoms with Crippen LogP contribution in [-0.4, -0.2) is 42.9 Å². The number of dihydropyridines is 1. The highest BCUT2D eigenvalue weighted by Crippen LogP contribution is 2.42. The third-order valence-corrected chi connectivity index (χ3v) is 6.43. The highest BCUT2D eigenvalue weighted by Gasteiger charge is 2.40. The highest BCUT2D eigenvalue weighted by molar-refractivity contribution is 6.00. The smallest absolute Gasteiger partial charge is 0.337 e. The van der Waals surface area contributed by atoms with Crippen molar-refractivity contribution in [3.05, 3.63) is 76.9 Å². The van der Waals surface area contributed by atoms with Gasteiger partial charge in [0, 0.05) is 36.6 Å². The molecule has 2 heterocycles. The molecule has 4 rings (SSSR count). The van der Waals surface area contributed by atoms with Crippen LogP contribution in [0.15, 0.2) is 71.3 Å². The first kappa shape index (κ1) is 23.8. The number of methoxy groups -OCH3 is 1. The maximum atomic E-state index is 13.6. The van der Waals surface area contributed by atoms with Crippen molar-refractivity contribution >= 4 is 11.9 Å². The van der Waals surface area contributed by atoms with Crippen LogP contribution in [0.2, 0.25) is 0 Å². The van der Waals surface area contributed by atoms with Crippen molar-refractivity contribution < 1.29 is 23.8 Å². The first-order valence-electron chi connectivity index (χ1n) is 11.8. The van der Waals surface area contributed by atoms with Crippen molar-refractivity contribution in [1.29, 1.82) is 0 Å². The Morgan fingerprint density at radius 1 is 0.941 bits per heavy atom. The van der Waals surface area contributed by atoms with Gasteiger partial charge < -0.3 is 24.1 Å². The van der Waals surface area contributed by atoms with Crippen molar-refractivity contribution in [2.24, 2.45) is 0 Å². The summed E-state index contributed by atoms with van der Waals surface area (Å²) < 4.78 is 18.5. The Morgan fingerprint density at radius 2 is 1.59 bits per heavy atom. The predicted molar refractivity (Wildman–Crippen MR) is 128 cm³/mol. The molecule has 0 bridgehead atoms. The third-order valence-electron chi connectivity index (χ3n) is 6.43. The lowest BCUT2D eigenvalue weighted by Crippen LogP contribution is -2.34. The van der Waals surface area contributed by atoms with E-state index in [9.17, 15) is 9.59 Å². The van der Waals surface area contributed by atoms with E-state index in [1.165, 1.54) is 0 Å². The second kappa shape index (κ2) is 10.7. The molecule has 2 aromatic rings. The van der Waals surface area contributed by atoms with E-state index in [4.69, 9.17) is 14.2 Å². The molecule has 180 valence electrons. The molecule has 1 aromatic carbocycles. The summed E-state index contributed by atoms with van der Waals surface area (Å²) in [5, 5.41) is 3.23. The molecule has 1 aliphatic carbocycles. The maximum absolute atomic E-state index is 13.6. The van der Waals surface area contributed by atoms with Crippen LogP contribution in [0.25, 0.3) is 5.69 Å². The Balaban J connectivity index is 1.80. The Labute approximate surface area is 200 Å². The molecule has 0 amide bonds. The summed E-state index contributed by atoms with van der Waals surface area (Å²) in [7, 11) is 1.56. The number of ether oxygens (including phenoxy) is 3. The lowest BCUT2D eigenvalue weighted by Gasteiger charge is -2.32. The van der Waals surface area contributed by atoms with E-state index < -0.39 is 11.9 Å². The average molecular weight is 465 g/mol. The zero-order chi connectivity index (χ0) is 24.1. The van der Waals surface area contributed by atoms with E-state index in [1.807, 2.05) is 67.2 Å². The lowest BCUT2D eigenvalue weighted by atomic mass is 9.79. The van der Waals surface area contributed by atoms with Crippen LogP contribution in [-0.2, 0) is 23.8 Å². The molecule has 0 spiro atoms. The van der Waals surface area contributed by atoms with Gasteiger partial charge in [0.15, 0.2) is 0 Å². The molecular formula is C27H32N2O5. The van der Waals surface area contributed by atoms with Crippen LogP contribution in [0.3, 0.4) is 0 Å². The van der Waals surface area contributed by atoms with Gasteiger partial charge in [-0.15, -0.1) is 0 Å². The van der Waals surface area contributed by atoms with Gasteiger partial charge in [-0.05, 0) is 63.3 Å². The van der Waals surface area contributed by atoms with Crippen LogP contribution in [0.1, 0.15) is 51.0 Å². The number of hydrogen-bond donors (Lipinski definition) is 1. The fraction of sp³-hybridized carbons (Fsp3) is 0.407. The number of esters is 2. The number of para-hydroxylation sites is 1. The zero-order valence-electron chi connectivity index (χ0n) is 20.0. The number of aromatic nitrogens is 1. The summed E-state index contributed by atoms with van der Waals surface area (Å²) in [6, 6.07) is 11.7. The van der Waals surface area contributed by atoms with Gasteiger partial charge in [-0.2, -0.15) is 0 Å². The summed E-state index contributed by atoms with van der Waals surface area (Å²) >= 11 is 0. The van der Waals surface area contributed by atoms with Crippen molar-refractivity contribution in [3.63, 3.8) is 0 Å². The van der Waals surface area contributed by atoms with Crippen LogP contribution in [0, 0.1) is 0 Å². The molecule has 1 saturated carbocycles. The Hall–Kier alpha value is -3.32. The SMILES string of the molecule is COCCOC(=O)C1=C(C)NC(C)=C(C(=O)OC2CCCC2)C1c1ccccc1-n1cccc1. The number of nitrogens with zero attached hydrogens (tertiary/aromatic N) is 1. The van der Waals surface area contributed by atoms with E-state index >= 15 is 0 Å². The molecule has 0 saturated heterocycles. The molecule has 34 heavy (non-hydrogen) atoms. The molecule has 2 aliphatic rings. The zero-order valence-corrected chi connectivity index (χ0v) is 20.0. The molecule has 7 heteroatoms. The molecule has 1 aliphatic heterocycles. The molecule has 1 aromatic heterocycles. The fourth-order valence-corrected chi connectivity index (χ4v) is 4.82. The first-order chi connectivity index (χ1) is 16.5. The van der Waals surface area contributed by atoms with Crippen molar-refractivity contribution in [2.75, 3.05) is 20.3 Å². The second-order valence-corrected chi connectivity index (χ2v) is 8.72. The summed E-state index contributed by atoms with van der Waals surface area (Å²) in [5.41, 5.74) is 3.89. The second-order valence-electron chi connectivity index (χ2n) is 8.72. The first-order valence-corrected chi connectivity index (χ1v) is 11.8. The Kier molecular flexibility index (Phi) is 7.53. The number of nitrogens with one attached hydrogen (secondary N) is 1. The summed E-state index contributed by atoms with van der Waals surface area (Å²) in [6.07, 6.45) is 7.67. The minimum Gasteiger partial charge on any atom is -0.460 e. The monoisotopic (exact) mass is 464 g/mol. The number of allylic oxidation sites excluding steroid dienone is 2. The van der Waals surface area contributed by atoms with Gasteiger partial charge in [-0.3, -0.25) is 0 Å². The maximum Gasteiger partial charge on any atom is 0.337 e. The highest BCUT2D eigenvalue weighted by atomic mass is 16.6. The number of benzene rings is 1. The predicted octanol–water partition coefficient (Wildman–Crippen LogP) is 4.39. The fourth-order valence-electron chi connectivity index (χ4n) is 4.82. The summed E-state index contributed by atoms with van der Waals surface area (Å²) in [5.74, 6) is -1.50. The Morgan fingerprint density at radius 3 is 2.26 bits per heavy atom. The van der Waals surface area contributed by atoms with Crippen LogP contribution < -0.4 is 5.32 Å². The van der Waals surface area contributed by atoms with Crippen LogP contribution in [0.4, 0.5) is 0 Å². The van der Waals surface area contributed by atoms with Gasteiger partial charge in [-0.1, -0.05) is 18.2 Å². The molecule has 1 N–H and O–H groups in total. The number of rotatable bonds is 8. The summed E-state index contributed by atoms with van der Waals surface area (Å²) in [6.45, 7) is 4.11. The van der Waals surface area contributed by atoms with Gasteiger partial charge in [0.25, 0.3) is 0 Å². The molecular weight excluding hydrogens is 432 g/mol. The third kappa shape index (κ3) is 4.94. The minimum atomic E-state index is -0.635. The van der Waals surface area contributed by atoms with Gasteiger partial charge in [0.05, 0.1) is 23.7 Å². The molecule has 1 fully saturated rings. The number of carbonyl (C=O) groups is 2. The van der Waals surface area contributed by atoms with E-state index in [2.05, 4.69) is 5.32 Å². The molecule has 1 atom stereocenters. The molecule has 0 radical (unpaired) electrons. The summed E-state index contributed by atoms with van der Waals surface area (Å²) in [4.78, 5) is 26.9. The van der Waals surface area contributed by atoms with Gasteiger partial charge in [0.2, 0.25) is 0 Å². The topological polar surface area (TPSA) is 78.8 Å². The quantitative estimate of drug-likeness (QED) is 0.461. The molecule has 1 unspecified atom stereocenters. The lowest BCUT2D eigenvalue weighted by molar-refractivity contribution is -0.144. The van der Waals surface area contributed by atoms with Gasteiger partial charge in [0.1, 0.15) is 12.7 Å². The standard InChI is InChI=1S/C27H32N2O5/c1-18-23(26(30)33-17-16-32-3)25(21-12-6-7-13-22(21)29-14-8-9-15-29)24(19(2)28-18)27(31)34-20-10-4-5-11-20/h6-9,12-15,20,25,28H,4-5,10-11,16-17H2,1-3H3. The van der Waals surface area contributed by atoms with E-state index in [0.29, 0.717) is 29.1 Å². The van der Waals surface area contributed by atoms with Crippen molar-refractivity contribution in [2.45, 2.75) is 51.6 Å².